The maximum atomic E-state index is 13.5. The van der Waals surface area contributed by atoms with Gasteiger partial charge < -0.3 is 10.0 Å². The van der Waals surface area contributed by atoms with Crippen LogP contribution in [-0.4, -0.2) is 57.7 Å². The third-order valence-electron chi connectivity index (χ3n) is 7.87. The van der Waals surface area contributed by atoms with Crippen LogP contribution in [0.1, 0.15) is 43.0 Å². The highest BCUT2D eigenvalue weighted by Gasteiger charge is 2.53. The van der Waals surface area contributed by atoms with Gasteiger partial charge in [0.1, 0.15) is 0 Å². The van der Waals surface area contributed by atoms with Gasteiger partial charge in [0, 0.05) is 39.2 Å². The van der Waals surface area contributed by atoms with Crippen molar-refractivity contribution in [2.24, 2.45) is 5.92 Å². The van der Waals surface area contributed by atoms with Crippen LogP contribution in [0.2, 0.25) is 0 Å². The number of rotatable bonds is 6. The lowest BCUT2D eigenvalue weighted by Crippen LogP contribution is -2.45. The van der Waals surface area contributed by atoms with E-state index in [2.05, 4.69) is 4.98 Å². The van der Waals surface area contributed by atoms with E-state index in [1.54, 1.807) is 11.1 Å². The van der Waals surface area contributed by atoms with E-state index in [0.717, 1.165) is 16.0 Å². The fourth-order valence-electron chi connectivity index (χ4n) is 5.59. The van der Waals surface area contributed by atoms with Crippen LogP contribution in [-0.2, 0) is 19.8 Å². The van der Waals surface area contributed by atoms with Gasteiger partial charge in [0.2, 0.25) is 17.7 Å². The van der Waals surface area contributed by atoms with Gasteiger partial charge in [0.05, 0.1) is 17.2 Å². The molecular weight excluding hydrogens is 466 g/mol. The fraction of sp³-hybridized carbons (Fsp3) is 0.333. The number of aromatic nitrogens is 1. The number of likely N-dealkylation sites (N-methyl/N-ethyl adjacent to an activating group) is 1. The van der Waals surface area contributed by atoms with Gasteiger partial charge in [-0.3, -0.25) is 24.3 Å². The van der Waals surface area contributed by atoms with E-state index in [0.29, 0.717) is 37.2 Å². The van der Waals surface area contributed by atoms with Crippen molar-refractivity contribution in [2.45, 2.75) is 37.2 Å². The van der Waals surface area contributed by atoms with Gasteiger partial charge in [-0.2, -0.15) is 0 Å². The van der Waals surface area contributed by atoms with E-state index < -0.39 is 11.5 Å². The first-order chi connectivity index (χ1) is 17.9. The largest absolute Gasteiger partial charge is 0.387 e. The molecule has 1 aromatic heterocycles. The van der Waals surface area contributed by atoms with Gasteiger partial charge >= 0.3 is 0 Å². The summed E-state index contributed by atoms with van der Waals surface area (Å²) in [4.78, 5) is 46.7. The second kappa shape index (κ2) is 10.3. The molecule has 37 heavy (non-hydrogen) atoms. The molecule has 0 aliphatic carbocycles. The smallest absolute Gasteiger partial charge is 0.240 e. The summed E-state index contributed by atoms with van der Waals surface area (Å²) in [6.45, 7) is 0.989. The lowest BCUT2D eigenvalue weighted by atomic mass is 9.75. The zero-order valence-corrected chi connectivity index (χ0v) is 20.9. The van der Waals surface area contributed by atoms with Gasteiger partial charge in [-0.05, 0) is 47.6 Å². The van der Waals surface area contributed by atoms with Crippen LogP contribution >= 0.6 is 0 Å². The molecule has 0 saturated carbocycles. The molecule has 3 heterocycles. The molecule has 2 aliphatic rings. The summed E-state index contributed by atoms with van der Waals surface area (Å²) >= 11 is 0. The van der Waals surface area contributed by atoms with Crippen LogP contribution in [0.5, 0.6) is 0 Å². The fourth-order valence-corrected chi connectivity index (χ4v) is 5.59. The average Bonchev–Trinajstić information content (AvgIpc) is 3.17. The Bertz CT molecular complexity index is 1270. The summed E-state index contributed by atoms with van der Waals surface area (Å²) in [5.41, 5.74) is 2.18. The van der Waals surface area contributed by atoms with Crippen molar-refractivity contribution in [3.05, 3.63) is 90.3 Å². The SMILES string of the molecule is CN1C(=O)C[C@@](CC(=O)N2CCC([C@H](O)c3ccccn3)CC2)(c2ccc(-c3ccccc3)cc2)C1=O. The number of pyridine rings is 1. The molecule has 2 aromatic carbocycles. The number of carbonyl (C=O) groups is 3. The molecule has 3 aromatic rings. The van der Waals surface area contributed by atoms with Gasteiger partial charge in [-0.15, -0.1) is 0 Å². The second-order valence-corrected chi connectivity index (χ2v) is 10.1. The van der Waals surface area contributed by atoms with Crippen LogP contribution in [0.4, 0.5) is 0 Å². The molecule has 190 valence electrons. The van der Waals surface area contributed by atoms with Crippen molar-refractivity contribution in [3.8, 4) is 11.1 Å². The first-order valence-electron chi connectivity index (χ1n) is 12.7. The zero-order chi connectivity index (χ0) is 26.0. The van der Waals surface area contributed by atoms with Gasteiger partial charge in [-0.1, -0.05) is 60.7 Å². The van der Waals surface area contributed by atoms with E-state index in [9.17, 15) is 19.5 Å². The van der Waals surface area contributed by atoms with E-state index >= 15 is 0 Å². The Kier molecular flexibility index (Phi) is 6.89. The third-order valence-corrected chi connectivity index (χ3v) is 7.87. The zero-order valence-electron chi connectivity index (χ0n) is 20.9. The number of benzene rings is 2. The van der Waals surface area contributed by atoms with Crippen LogP contribution in [0, 0.1) is 5.92 Å². The number of hydrogen-bond acceptors (Lipinski definition) is 5. The molecular formula is C30H31N3O4. The molecule has 0 radical (unpaired) electrons. The van der Waals surface area contributed by atoms with Crippen molar-refractivity contribution < 1.29 is 19.5 Å². The molecule has 2 atom stereocenters. The standard InChI is InChI=1S/C30H31N3O4/c1-32-26(34)19-30(29(32)37,24-12-10-22(11-13-24)21-7-3-2-4-8-21)20-27(35)33-17-14-23(15-18-33)28(36)25-9-5-6-16-31-25/h2-13,16,23,28,36H,14-15,17-20H2,1H3/t28-,30+/m0/s1. The number of piperidine rings is 1. The van der Waals surface area contributed by atoms with Crippen molar-refractivity contribution in [3.63, 3.8) is 0 Å². The predicted octanol–water partition coefficient (Wildman–Crippen LogP) is 3.74. The van der Waals surface area contributed by atoms with Gasteiger partial charge in [0.25, 0.3) is 0 Å². The summed E-state index contributed by atoms with van der Waals surface area (Å²) in [5, 5.41) is 10.7. The van der Waals surface area contributed by atoms with Crippen LogP contribution < -0.4 is 0 Å². The summed E-state index contributed by atoms with van der Waals surface area (Å²) in [7, 11) is 1.49. The third kappa shape index (κ3) is 4.79. The van der Waals surface area contributed by atoms with Gasteiger partial charge in [0.15, 0.2) is 0 Å². The van der Waals surface area contributed by atoms with Crippen molar-refractivity contribution in [1.82, 2.24) is 14.8 Å². The molecule has 2 aliphatic heterocycles. The molecule has 2 saturated heterocycles. The summed E-state index contributed by atoms with van der Waals surface area (Å²) < 4.78 is 0. The molecule has 7 nitrogen and oxygen atoms in total. The van der Waals surface area contributed by atoms with E-state index in [1.165, 1.54) is 7.05 Å². The maximum absolute atomic E-state index is 13.5. The van der Waals surface area contributed by atoms with E-state index in [1.807, 2.05) is 72.8 Å². The van der Waals surface area contributed by atoms with E-state index in [-0.39, 0.29) is 36.5 Å². The number of carbonyl (C=O) groups excluding carboxylic acids is 3. The minimum absolute atomic E-state index is 0.0132. The topological polar surface area (TPSA) is 90.8 Å². The average molecular weight is 498 g/mol. The molecule has 1 N–H and O–H groups in total. The van der Waals surface area contributed by atoms with Crippen LogP contribution in [0.3, 0.4) is 0 Å². The highest BCUT2D eigenvalue weighted by atomic mass is 16.3. The summed E-state index contributed by atoms with van der Waals surface area (Å²) in [6.07, 6.45) is 2.22. The minimum Gasteiger partial charge on any atom is -0.387 e. The Balaban J connectivity index is 1.32. The quantitative estimate of drug-likeness (QED) is 0.524. The monoisotopic (exact) mass is 497 g/mol. The van der Waals surface area contributed by atoms with Crippen LogP contribution in [0.25, 0.3) is 11.1 Å². The van der Waals surface area contributed by atoms with E-state index in [4.69, 9.17) is 0 Å². The Morgan fingerprint density at radius 1 is 0.973 bits per heavy atom. The van der Waals surface area contributed by atoms with Crippen molar-refractivity contribution >= 4 is 17.7 Å². The Morgan fingerprint density at radius 3 is 2.22 bits per heavy atom. The first-order valence-corrected chi connectivity index (χ1v) is 12.7. The van der Waals surface area contributed by atoms with Crippen molar-refractivity contribution in [1.29, 1.82) is 0 Å². The highest BCUT2D eigenvalue weighted by Crippen LogP contribution is 2.41. The molecule has 2 fully saturated rings. The number of aliphatic hydroxyl groups is 1. The molecule has 7 heteroatoms. The number of nitrogens with zero attached hydrogens (tertiary/aromatic N) is 3. The van der Waals surface area contributed by atoms with Gasteiger partial charge in [-0.25, -0.2) is 0 Å². The molecule has 3 amide bonds. The molecule has 0 bridgehead atoms. The lowest BCUT2D eigenvalue weighted by Gasteiger charge is -2.36. The highest BCUT2D eigenvalue weighted by molar-refractivity contribution is 6.10. The number of amides is 3. The number of aliphatic hydroxyl groups excluding tert-OH is 1. The lowest BCUT2D eigenvalue weighted by molar-refractivity contribution is -0.142. The first kappa shape index (κ1) is 24.8. The Morgan fingerprint density at radius 2 is 1.62 bits per heavy atom. The molecule has 0 unspecified atom stereocenters. The Labute approximate surface area is 216 Å². The molecule has 5 rings (SSSR count). The second-order valence-electron chi connectivity index (χ2n) is 10.1. The Hall–Kier alpha value is -3.84. The number of likely N-dealkylation sites (tertiary alicyclic amines) is 2. The summed E-state index contributed by atoms with van der Waals surface area (Å²) in [5.74, 6) is -0.741. The number of hydrogen-bond donors (Lipinski definition) is 1. The molecule has 0 spiro atoms. The predicted molar refractivity (Wildman–Crippen MR) is 139 cm³/mol. The maximum Gasteiger partial charge on any atom is 0.240 e. The normalized spacial score (nSPS) is 21.4. The summed E-state index contributed by atoms with van der Waals surface area (Å²) in [6, 6.07) is 23.0. The minimum atomic E-state index is -1.21. The van der Waals surface area contributed by atoms with Crippen LogP contribution in [0.15, 0.2) is 79.0 Å². The van der Waals surface area contributed by atoms with Crippen molar-refractivity contribution in [2.75, 3.05) is 20.1 Å². The number of imide groups is 1.